The molecule has 0 saturated carbocycles. The number of nitrogens with zero attached hydrogens (tertiary/aromatic N) is 1. The van der Waals surface area contributed by atoms with Gasteiger partial charge >= 0.3 is 0 Å². The summed E-state index contributed by atoms with van der Waals surface area (Å²) in [4.78, 5) is 16.1. The van der Waals surface area contributed by atoms with Gasteiger partial charge in [0.25, 0.3) is 5.91 Å². The van der Waals surface area contributed by atoms with Crippen molar-refractivity contribution in [2.75, 3.05) is 5.73 Å². The Kier molecular flexibility index (Phi) is 4.65. The van der Waals surface area contributed by atoms with E-state index in [0.29, 0.717) is 12.1 Å². The summed E-state index contributed by atoms with van der Waals surface area (Å²) in [6, 6.07) is 11.0. The summed E-state index contributed by atoms with van der Waals surface area (Å²) >= 11 is 0. The smallest absolute Gasteiger partial charge is 0.255 e. The fourth-order valence-electron chi connectivity index (χ4n) is 1.96. The van der Waals surface area contributed by atoms with Gasteiger partial charge in [-0.05, 0) is 39.0 Å². The first-order valence-corrected chi connectivity index (χ1v) is 7.12. The topological polar surface area (TPSA) is 77.2 Å². The lowest BCUT2D eigenvalue weighted by molar-refractivity contribution is 0.0950. The fraction of sp³-hybridized carbons (Fsp3) is 0.294. The van der Waals surface area contributed by atoms with E-state index in [1.165, 1.54) is 0 Å². The number of nitrogens with one attached hydrogen (secondary N) is 1. The van der Waals surface area contributed by atoms with Crippen LogP contribution in [-0.4, -0.2) is 16.5 Å². The van der Waals surface area contributed by atoms with Crippen LogP contribution in [0.25, 0.3) is 0 Å². The number of nitrogens with two attached hydrogens (primary N) is 1. The Bertz CT molecular complexity index is 663. The van der Waals surface area contributed by atoms with Gasteiger partial charge in [0.1, 0.15) is 17.2 Å². The molecule has 1 heterocycles. The van der Waals surface area contributed by atoms with E-state index in [2.05, 4.69) is 10.3 Å². The Hall–Kier alpha value is -2.56. The molecule has 0 atom stereocenters. The number of nitrogen functional groups attached to an aromatic ring is 1. The maximum Gasteiger partial charge on any atom is 0.255 e. The SMILES string of the molecule is CC(C)(C)Oc1ccccc1CNC(=O)c1cccnc1N. The number of anilines is 1. The van der Waals surface area contributed by atoms with Crippen LogP contribution in [0.3, 0.4) is 0 Å². The van der Waals surface area contributed by atoms with Crippen LogP contribution in [0.4, 0.5) is 5.82 Å². The molecule has 0 fully saturated rings. The first kappa shape index (κ1) is 15.8. The van der Waals surface area contributed by atoms with Crippen LogP contribution >= 0.6 is 0 Å². The number of amides is 1. The summed E-state index contributed by atoms with van der Waals surface area (Å²) in [5, 5.41) is 2.84. The lowest BCUT2D eigenvalue weighted by Gasteiger charge is -2.23. The Labute approximate surface area is 130 Å². The first-order valence-electron chi connectivity index (χ1n) is 7.12. The molecule has 1 aromatic heterocycles. The van der Waals surface area contributed by atoms with Gasteiger partial charge in [-0.3, -0.25) is 4.79 Å². The van der Waals surface area contributed by atoms with E-state index in [1.807, 2.05) is 45.0 Å². The van der Waals surface area contributed by atoms with Crippen molar-refractivity contribution < 1.29 is 9.53 Å². The number of para-hydroxylation sites is 1. The summed E-state index contributed by atoms with van der Waals surface area (Å²) < 4.78 is 5.91. The number of hydrogen-bond acceptors (Lipinski definition) is 4. The standard InChI is InChI=1S/C17H21N3O2/c1-17(2,3)22-14-9-5-4-7-12(14)11-20-16(21)13-8-6-10-19-15(13)18/h4-10H,11H2,1-3H3,(H2,18,19)(H,20,21). The molecule has 5 nitrogen and oxygen atoms in total. The largest absolute Gasteiger partial charge is 0.488 e. The predicted molar refractivity (Wildman–Crippen MR) is 86.6 cm³/mol. The molecule has 0 saturated heterocycles. The number of pyridine rings is 1. The van der Waals surface area contributed by atoms with Crippen LogP contribution in [0.2, 0.25) is 0 Å². The third kappa shape index (κ3) is 4.22. The van der Waals surface area contributed by atoms with Gasteiger partial charge in [0.05, 0.1) is 5.56 Å². The van der Waals surface area contributed by atoms with Gasteiger partial charge in [-0.2, -0.15) is 0 Å². The second kappa shape index (κ2) is 6.47. The summed E-state index contributed by atoms with van der Waals surface area (Å²) in [5.41, 5.74) is 6.69. The molecule has 2 aromatic rings. The molecule has 2 rings (SSSR count). The number of rotatable bonds is 4. The monoisotopic (exact) mass is 299 g/mol. The molecular formula is C17H21N3O2. The minimum absolute atomic E-state index is 0.222. The molecule has 0 spiro atoms. The number of carbonyl (C=O) groups excluding carboxylic acids is 1. The van der Waals surface area contributed by atoms with Gasteiger partial charge in [-0.15, -0.1) is 0 Å². The molecule has 1 amide bonds. The third-order valence-corrected chi connectivity index (χ3v) is 2.91. The molecule has 0 aliphatic rings. The summed E-state index contributed by atoms with van der Waals surface area (Å²) in [6.45, 7) is 6.31. The highest BCUT2D eigenvalue weighted by molar-refractivity contribution is 5.98. The minimum atomic E-state index is -0.298. The Morgan fingerprint density at radius 3 is 2.64 bits per heavy atom. The van der Waals surface area contributed by atoms with Gasteiger partial charge in [0.15, 0.2) is 0 Å². The normalized spacial score (nSPS) is 11.0. The third-order valence-electron chi connectivity index (χ3n) is 2.91. The average Bonchev–Trinajstić information content (AvgIpc) is 2.45. The first-order chi connectivity index (χ1) is 10.4. The summed E-state index contributed by atoms with van der Waals surface area (Å²) in [5.74, 6) is 0.727. The highest BCUT2D eigenvalue weighted by Crippen LogP contribution is 2.23. The quantitative estimate of drug-likeness (QED) is 0.910. The lowest BCUT2D eigenvalue weighted by Crippen LogP contribution is -2.26. The second-order valence-electron chi connectivity index (χ2n) is 5.94. The zero-order valence-corrected chi connectivity index (χ0v) is 13.1. The maximum absolute atomic E-state index is 12.2. The molecule has 0 bridgehead atoms. The number of benzene rings is 1. The molecule has 1 aromatic carbocycles. The van der Waals surface area contributed by atoms with Crippen LogP contribution < -0.4 is 15.8 Å². The number of hydrogen-bond donors (Lipinski definition) is 2. The van der Waals surface area contributed by atoms with E-state index in [1.54, 1.807) is 18.3 Å². The van der Waals surface area contributed by atoms with E-state index >= 15 is 0 Å². The van der Waals surface area contributed by atoms with Crippen molar-refractivity contribution in [1.29, 1.82) is 0 Å². The van der Waals surface area contributed by atoms with Gasteiger partial charge in [0, 0.05) is 18.3 Å². The second-order valence-corrected chi connectivity index (χ2v) is 5.94. The molecule has 5 heteroatoms. The molecule has 0 aliphatic heterocycles. The number of aromatic nitrogens is 1. The highest BCUT2D eigenvalue weighted by Gasteiger charge is 2.15. The van der Waals surface area contributed by atoms with E-state index in [4.69, 9.17) is 10.5 Å². The highest BCUT2D eigenvalue weighted by atomic mass is 16.5. The number of ether oxygens (including phenoxy) is 1. The van der Waals surface area contributed by atoms with Crippen molar-refractivity contribution in [2.45, 2.75) is 32.9 Å². The van der Waals surface area contributed by atoms with E-state index in [-0.39, 0.29) is 17.3 Å². The molecule has 22 heavy (non-hydrogen) atoms. The lowest BCUT2D eigenvalue weighted by atomic mass is 10.1. The zero-order valence-electron chi connectivity index (χ0n) is 13.1. The van der Waals surface area contributed by atoms with E-state index in [9.17, 15) is 4.79 Å². The molecule has 3 N–H and O–H groups in total. The summed E-state index contributed by atoms with van der Waals surface area (Å²) in [6.07, 6.45) is 1.55. The van der Waals surface area contributed by atoms with Crippen molar-refractivity contribution in [3.8, 4) is 5.75 Å². The van der Waals surface area contributed by atoms with Crippen molar-refractivity contribution in [2.24, 2.45) is 0 Å². The predicted octanol–water partition coefficient (Wildman–Crippen LogP) is 2.77. The van der Waals surface area contributed by atoms with Crippen LogP contribution in [0.15, 0.2) is 42.6 Å². The van der Waals surface area contributed by atoms with Crippen molar-refractivity contribution in [3.63, 3.8) is 0 Å². The molecule has 0 unspecified atom stereocenters. The van der Waals surface area contributed by atoms with Gasteiger partial charge in [0.2, 0.25) is 0 Å². The van der Waals surface area contributed by atoms with Crippen LogP contribution in [0, 0.1) is 0 Å². The fourth-order valence-corrected chi connectivity index (χ4v) is 1.96. The maximum atomic E-state index is 12.2. The van der Waals surface area contributed by atoms with Crippen LogP contribution in [-0.2, 0) is 6.54 Å². The summed E-state index contributed by atoms with van der Waals surface area (Å²) in [7, 11) is 0. The van der Waals surface area contributed by atoms with Crippen LogP contribution in [0.5, 0.6) is 5.75 Å². The molecule has 116 valence electrons. The molecular weight excluding hydrogens is 278 g/mol. The Morgan fingerprint density at radius 1 is 1.23 bits per heavy atom. The molecule has 0 radical (unpaired) electrons. The van der Waals surface area contributed by atoms with Gasteiger partial charge in [-0.1, -0.05) is 18.2 Å². The zero-order chi connectivity index (χ0) is 16.2. The van der Waals surface area contributed by atoms with Gasteiger partial charge < -0.3 is 15.8 Å². The van der Waals surface area contributed by atoms with E-state index < -0.39 is 0 Å². The molecule has 0 aliphatic carbocycles. The Morgan fingerprint density at radius 2 is 1.95 bits per heavy atom. The minimum Gasteiger partial charge on any atom is -0.488 e. The average molecular weight is 299 g/mol. The van der Waals surface area contributed by atoms with Crippen LogP contribution in [0.1, 0.15) is 36.7 Å². The van der Waals surface area contributed by atoms with Gasteiger partial charge in [-0.25, -0.2) is 4.98 Å². The number of carbonyl (C=O) groups is 1. The van der Waals surface area contributed by atoms with Crippen molar-refractivity contribution >= 4 is 11.7 Å². The van der Waals surface area contributed by atoms with Crippen molar-refractivity contribution in [1.82, 2.24) is 10.3 Å². The van der Waals surface area contributed by atoms with Crippen molar-refractivity contribution in [3.05, 3.63) is 53.7 Å². The Balaban J connectivity index is 2.09. The van der Waals surface area contributed by atoms with E-state index in [0.717, 1.165) is 11.3 Å².